The number of amides is 1. The Labute approximate surface area is 115 Å². The Morgan fingerprint density at radius 1 is 1.55 bits per heavy atom. The molecule has 0 aromatic carbocycles. The first-order valence-electron chi connectivity index (χ1n) is 6.30. The molecule has 0 saturated heterocycles. The molecule has 1 unspecified atom stereocenters. The van der Waals surface area contributed by atoms with E-state index in [1.807, 2.05) is 6.92 Å². The molecule has 2 aromatic heterocycles. The van der Waals surface area contributed by atoms with Gasteiger partial charge in [-0.05, 0) is 6.42 Å². The Kier molecular flexibility index (Phi) is 4.59. The van der Waals surface area contributed by atoms with Crippen LogP contribution in [-0.4, -0.2) is 57.0 Å². The molecule has 8 nitrogen and oxygen atoms in total. The van der Waals surface area contributed by atoms with E-state index in [9.17, 15) is 9.90 Å². The second kappa shape index (κ2) is 6.40. The first-order valence-corrected chi connectivity index (χ1v) is 6.30. The average Bonchev–Trinajstić information content (AvgIpc) is 2.92. The minimum atomic E-state index is -0.739. The Balaban J connectivity index is 2.17. The third-order valence-electron chi connectivity index (χ3n) is 2.84. The number of aliphatic hydroxyl groups excluding tert-OH is 1. The molecule has 2 N–H and O–H groups in total. The summed E-state index contributed by atoms with van der Waals surface area (Å²) in [6.45, 7) is 2.21. The molecule has 0 aliphatic heterocycles. The number of aromatic nitrogens is 4. The Bertz CT molecular complexity index is 598. The summed E-state index contributed by atoms with van der Waals surface area (Å²) in [5, 5.41) is 16.2. The molecule has 1 amide bonds. The van der Waals surface area contributed by atoms with Gasteiger partial charge in [0.25, 0.3) is 11.7 Å². The maximum absolute atomic E-state index is 12.1. The van der Waals surface area contributed by atoms with Crippen molar-refractivity contribution in [2.75, 3.05) is 20.3 Å². The lowest BCUT2D eigenvalue weighted by molar-refractivity contribution is 0.0609. The molecule has 0 aliphatic rings. The van der Waals surface area contributed by atoms with Crippen molar-refractivity contribution in [1.29, 1.82) is 0 Å². The van der Waals surface area contributed by atoms with Crippen LogP contribution in [0, 0.1) is 0 Å². The minimum absolute atomic E-state index is 0.116. The number of ether oxygens (including phenoxy) is 1. The van der Waals surface area contributed by atoms with Gasteiger partial charge >= 0.3 is 0 Å². The van der Waals surface area contributed by atoms with Crippen LogP contribution >= 0.6 is 0 Å². The predicted octanol–water partition coefficient (Wildman–Crippen LogP) is -0.576. The third kappa shape index (κ3) is 2.91. The Hall–Kier alpha value is -2.06. The zero-order valence-corrected chi connectivity index (χ0v) is 11.4. The van der Waals surface area contributed by atoms with Crippen molar-refractivity contribution in [3.63, 3.8) is 0 Å². The lowest BCUT2D eigenvalue weighted by Gasteiger charge is -2.12. The van der Waals surface area contributed by atoms with Crippen LogP contribution in [0.25, 0.3) is 5.78 Å². The fourth-order valence-electron chi connectivity index (χ4n) is 1.91. The molecule has 0 saturated carbocycles. The normalized spacial score (nSPS) is 12.6. The summed E-state index contributed by atoms with van der Waals surface area (Å²) in [5.74, 6) is 0.153. The molecule has 0 radical (unpaired) electrons. The van der Waals surface area contributed by atoms with Crippen LogP contribution in [0.5, 0.6) is 0 Å². The van der Waals surface area contributed by atoms with Gasteiger partial charge in [-0.2, -0.15) is 10.1 Å². The van der Waals surface area contributed by atoms with Gasteiger partial charge in [0, 0.05) is 19.9 Å². The summed E-state index contributed by atoms with van der Waals surface area (Å²) in [5.41, 5.74) is 1.15. The van der Waals surface area contributed by atoms with Crippen molar-refractivity contribution in [3.05, 3.63) is 23.8 Å². The maximum Gasteiger partial charge on any atom is 0.254 e. The van der Waals surface area contributed by atoms with E-state index in [1.165, 1.54) is 19.6 Å². The van der Waals surface area contributed by atoms with E-state index in [4.69, 9.17) is 4.74 Å². The standard InChI is InChI=1S/C12H17N5O3/c1-3-10-9(5-14-12-15-7-16-17(10)12)11(19)13-4-8(18)6-20-2/h5,7-8,18H,3-4,6H2,1-2H3,(H,13,19). The van der Waals surface area contributed by atoms with Crippen molar-refractivity contribution < 1.29 is 14.6 Å². The number of aryl methyl sites for hydroxylation is 1. The summed E-state index contributed by atoms with van der Waals surface area (Å²) in [7, 11) is 1.49. The Morgan fingerprint density at radius 2 is 2.35 bits per heavy atom. The van der Waals surface area contributed by atoms with Crippen LogP contribution in [0.2, 0.25) is 0 Å². The lowest BCUT2D eigenvalue weighted by Crippen LogP contribution is -2.35. The highest BCUT2D eigenvalue weighted by molar-refractivity contribution is 5.95. The van der Waals surface area contributed by atoms with Crippen molar-refractivity contribution in [2.45, 2.75) is 19.4 Å². The van der Waals surface area contributed by atoms with E-state index in [0.717, 1.165) is 5.69 Å². The van der Waals surface area contributed by atoms with Crippen LogP contribution in [0.3, 0.4) is 0 Å². The number of fused-ring (bicyclic) bond motifs is 1. The smallest absolute Gasteiger partial charge is 0.254 e. The van der Waals surface area contributed by atoms with Gasteiger partial charge < -0.3 is 15.2 Å². The molecular formula is C12H17N5O3. The largest absolute Gasteiger partial charge is 0.389 e. The highest BCUT2D eigenvalue weighted by atomic mass is 16.5. The summed E-state index contributed by atoms with van der Waals surface area (Å²) < 4.78 is 6.34. The highest BCUT2D eigenvalue weighted by Gasteiger charge is 2.16. The molecular weight excluding hydrogens is 262 g/mol. The second-order valence-electron chi connectivity index (χ2n) is 4.26. The quantitative estimate of drug-likeness (QED) is 0.734. The van der Waals surface area contributed by atoms with Crippen LogP contribution in [-0.2, 0) is 11.2 Å². The van der Waals surface area contributed by atoms with E-state index in [0.29, 0.717) is 17.8 Å². The lowest BCUT2D eigenvalue weighted by atomic mass is 10.1. The Morgan fingerprint density at radius 3 is 3.05 bits per heavy atom. The first kappa shape index (κ1) is 14.4. The van der Waals surface area contributed by atoms with E-state index in [2.05, 4.69) is 20.4 Å². The molecule has 0 bridgehead atoms. The number of carbonyl (C=O) groups excluding carboxylic acids is 1. The van der Waals surface area contributed by atoms with Crippen LogP contribution < -0.4 is 5.32 Å². The monoisotopic (exact) mass is 279 g/mol. The molecule has 0 spiro atoms. The highest BCUT2D eigenvalue weighted by Crippen LogP contribution is 2.09. The SMILES string of the molecule is CCc1c(C(=O)NCC(O)COC)cnc2ncnn12. The van der Waals surface area contributed by atoms with Gasteiger partial charge in [-0.3, -0.25) is 4.79 Å². The topological polar surface area (TPSA) is 102 Å². The molecule has 8 heteroatoms. The average molecular weight is 279 g/mol. The molecule has 2 rings (SSSR count). The number of nitrogens with zero attached hydrogens (tertiary/aromatic N) is 4. The fourth-order valence-corrected chi connectivity index (χ4v) is 1.91. The molecule has 0 fully saturated rings. The van der Waals surface area contributed by atoms with Crippen LogP contribution in [0.15, 0.2) is 12.5 Å². The van der Waals surface area contributed by atoms with Crippen LogP contribution in [0.1, 0.15) is 23.0 Å². The summed E-state index contributed by atoms with van der Waals surface area (Å²) >= 11 is 0. The molecule has 1 atom stereocenters. The minimum Gasteiger partial charge on any atom is -0.389 e. The van der Waals surface area contributed by atoms with Crippen molar-refractivity contribution in [2.24, 2.45) is 0 Å². The van der Waals surface area contributed by atoms with E-state index in [1.54, 1.807) is 4.52 Å². The van der Waals surface area contributed by atoms with Crippen molar-refractivity contribution >= 4 is 11.7 Å². The van der Waals surface area contributed by atoms with Gasteiger partial charge in [0.2, 0.25) is 0 Å². The number of methoxy groups -OCH3 is 1. The van der Waals surface area contributed by atoms with Gasteiger partial charge in [0.05, 0.1) is 24.0 Å². The van der Waals surface area contributed by atoms with Gasteiger partial charge in [-0.25, -0.2) is 9.50 Å². The first-order chi connectivity index (χ1) is 9.67. The van der Waals surface area contributed by atoms with Gasteiger partial charge in [-0.1, -0.05) is 6.92 Å². The van der Waals surface area contributed by atoms with E-state index in [-0.39, 0.29) is 19.1 Å². The fraction of sp³-hybridized carbons (Fsp3) is 0.500. The van der Waals surface area contributed by atoms with Gasteiger partial charge in [0.15, 0.2) is 0 Å². The molecule has 20 heavy (non-hydrogen) atoms. The van der Waals surface area contributed by atoms with E-state index < -0.39 is 6.10 Å². The summed E-state index contributed by atoms with van der Waals surface area (Å²) in [4.78, 5) is 20.2. The third-order valence-corrected chi connectivity index (χ3v) is 2.84. The van der Waals surface area contributed by atoms with Gasteiger partial charge in [0.1, 0.15) is 6.33 Å². The van der Waals surface area contributed by atoms with Crippen molar-refractivity contribution in [3.8, 4) is 0 Å². The maximum atomic E-state index is 12.1. The number of rotatable bonds is 6. The molecule has 108 valence electrons. The molecule has 0 aliphatic carbocycles. The number of carbonyl (C=O) groups is 1. The van der Waals surface area contributed by atoms with E-state index >= 15 is 0 Å². The summed E-state index contributed by atoms with van der Waals surface area (Å²) in [6.07, 6.45) is 2.75. The van der Waals surface area contributed by atoms with Crippen LogP contribution in [0.4, 0.5) is 0 Å². The number of hydrogen-bond donors (Lipinski definition) is 2. The van der Waals surface area contributed by atoms with Crippen molar-refractivity contribution in [1.82, 2.24) is 24.9 Å². The zero-order chi connectivity index (χ0) is 14.5. The molecule has 2 heterocycles. The predicted molar refractivity (Wildman–Crippen MR) is 70.4 cm³/mol. The zero-order valence-electron chi connectivity index (χ0n) is 11.4. The molecule has 2 aromatic rings. The van der Waals surface area contributed by atoms with Gasteiger partial charge in [-0.15, -0.1) is 0 Å². The number of aliphatic hydroxyl groups is 1. The summed E-state index contributed by atoms with van der Waals surface area (Å²) in [6, 6.07) is 0. The number of nitrogens with one attached hydrogen (secondary N) is 1. The second-order valence-corrected chi connectivity index (χ2v) is 4.26. The number of hydrogen-bond acceptors (Lipinski definition) is 6.